The number of nitrogens with one attached hydrogen (secondary N) is 1. The Hall–Kier alpha value is -0.580. The normalized spacial score (nSPS) is 12.8. The van der Waals surface area contributed by atoms with Crippen molar-refractivity contribution in [1.82, 2.24) is 5.32 Å². The SMILES string of the molecule is CNC(N)(Cc1cccc(Br)c1)c1ccccc1C.Cl.Cl. The summed E-state index contributed by atoms with van der Waals surface area (Å²) in [7, 11) is 1.91. The first-order chi connectivity index (χ1) is 9.05. The van der Waals surface area contributed by atoms with Gasteiger partial charge in [-0.25, -0.2) is 0 Å². The molecule has 2 nitrogen and oxygen atoms in total. The van der Waals surface area contributed by atoms with Gasteiger partial charge in [-0.05, 0) is 42.8 Å². The minimum atomic E-state index is -0.549. The van der Waals surface area contributed by atoms with Crippen LogP contribution in [0.2, 0.25) is 0 Å². The monoisotopic (exact) mass is 390 g/mol. The second-order valence-electron chi connectivity index (χ2n) is 4.84. The molecule has 0 amide bonds. The zero-order valence-electron chi connectivity index (χ0n) is 12.1. The van der Waals surface area contributed by atoms with Gasteiger partial charge in [-0.15, -0.1) is 24.8 Å². The predicted octanol–water partition coefficient (Wildman–Crippen LogP) is 4.17. The molecule has 0 radical (unpaired) electrons. The van der Waals surface area contributed by atoms with E-state index in [1.54, 1.807) is 0 Å². The fourth-order valence-corrected chi connectivity index (χ4v) is 2.81. The second-order valence-corrected chi connectivity index (χ2v) is 5.76. The molecule has 0 saturated heterocycles. The largest absolute Gasteiger partial charge is 0.309 e. The summed E-state index contributed by atoms with van der Waals surface area (Å²) in [4.78, 5) is 0. The third kappa shape index (κ3) is 4.97. The maximum atomic E-state index is 6.58. The molecule has 0 heterocycles. The molecule has 0 bridgehead atoms. The van der Waals surface area contributed by atoms with E-state index in [2.05, 4.69) is 52.4 Å². The van der Waals surface area contributed by atoms with Crippen LogP contribution in [0.3, 0.4) is 0 Å². The first kappa shape index (κ1) is 20.4. The molecule has 1 atom stereocenters. The predicted molar refractivity (Wildman–Crippen MR) is 98.4 cm³/mol. The van der Waals surface area contributed by atoms with Crippen LogP contribution in [0.5, 0.6) is 0 Å². The Morgan fingerprint density at radius 3 is 2.33 bits per heavy atom. The minimum absolute atomic E-state index is 0. The van der Waals surface area contributed by atoms with E-state index in [0.29, 0.717) is 0 Å². The zero-order valence-corrected chi connectivity index (χ0v) is 15.3. The molecule has 5 heteroatoms. The van der Waals surface area contributed by atoms with Gasteiger partial charge in [0.2, 0.25) is 0 Å². The fourth-order valence-electron chi connectivity index (χ4n) is 2.36. The molecule has 2 rings (SSSR count). The molecular weight excluding hydrogens is 371 g/mol. The highest BCUT2D eigenvalue weighted by Gasteiger charge is 2.27. The average molecular weight is 392 g/mol. The number of rotatable bonds is 4. The van der Waals surface area contributed by atoms with E-state index in [-0.39, 0.29) is 24.8 Å². The van der Waals surface area contributed by atoms with E-state index in [1.807, 2.05) is 31.3 Å². The van der Waals surface area contributed by atoms with Crippen LogP contribution in [-0.4, -0.2) is 7.05 Å². The summed E-state index contributed by atoms with van der Waals surface area (Å²) < 4.78 is 1.08. The van der Waals surface area contributed by atoms with Crippen LogP contribution >= 0.6 is 40.7 Å². The Labute approximate surface area is 147 Å². The average Bonchev–Trinajstić information content (AvgIpc) is 2.39. The summed E-state index contributed by atoms with van der Waals surface area (Å²) in [5.74, 6) is 0. The number of halogens is 3. The Kier molecular flexibility index (Phi) is 8.52. The highest BCUT2D eigenvalue weighted by atomic mass is 79.9. The van der Waals surface area contributed by atoms with Crippen molar-refractivity contribution in [1.29, 1.82) is 0 Å². The van der Waals surface area contributed by atoms with E-state index in [4.69, 9.17) is 5.73 Å². The van der Waals surface area contributed by atoms with Crippen molar-refractivity contribution in [3.8, 4) is 0 Å². The highest BCUT2D eigenvalue weighted by molar-refractivity contribution is 9.10. The van der Waals surface area contributed by atoms with Gasteiger partial charge in [-0.2, -0.15) is 0 Å². The lowest BCUT2D eigenvalue weighted by molar-refractivity contribution is 0.370. The number of hydrogen-bond donors (Lipinski definition) is 2. The molecule has 1 unspecified atom stereocenters. The summed E-state index contributed by atoms with van der Waals surface area (Å²) in [5.41, 5.74) is 9.57. The van der Waals surface area contributed by atoms with E-state index >= 15 is 0 Å². The minimum Gasteiger partial charge on any atom is -0.309 e. The fraction of sp³-hybridized carbons (Fsp3) is 0.250. The van der Waals surface area contributed by atoms with Gasteiger partial charge >= 0.3 is 0 Å². The van der Waals surface area contributed by atoms with Crippen molar-refractivity contribution < 1.29 is 0 Å². The number of aryl methyl sites for hydroxylation is 1. The van der Waals surface area contributed by atoms with Crippen LogP contribution in [0.1, 0.15) is 16.7 Å². The molecule has 0 aliphatic rings. The molecule has 0 aromatic heterocycles. The van der Waals surface area contributed by atoms with Crippen molar-refractivity contribution in [3.63, 3.8) is 0 Å². The van der Waals surface area contributed by atoms with E-state index in [1.165, 1.54) is 11.1 Å². The Bertz CT molecular complexity index is 578. The van der Waals surface area contributed by atoms with Gasteiger partial charge in [0.15, 0.2) is 0 Å². The van der Waals surface area contributed by atoms with Gasteiger partial charge in [0.1, 0.15) is 0 Å². The number of likely N-dealkylation sites (N-methyl/N-ethyl adjacent to an activating group) is 1. The topological polar surface area (TPSA) is 38.0 Å². The molecule has 116 valence electrons. The molecular formula is C16H21BrCl2N2. The van der Waals surface area contributed by atoms with Crippen LogP contribution in [0.4, 0.5) is 0 Å². The van der Waals surface area contributed by atoms with E-state index in [9.17, 15) is 0 Å². The standard InChI is InChI=1S/C16H19BrN2.2ClH/c1-12-6-3-4-9-15(12)16(18,19-2)11-13-7-5-8-14(17)10-13;;/h3-10,19H,11,18H2,1-2H3;2*1H. The number of benzene rings is 2. The molecule has 0 spiro atoms. The Morgan fingerprint density at radius 1 is 1.10 bits per heavy atom. The third-order valence-electron chi connectivity index (χ3n) is 3.44. The quantitative estimate of drug-likeness (QED) is 0.767. The zero-order chi connectivity index (χ0) is 13.9. The summed E-state index contributed by atoms with van der Waals surface area (Å²) in [6.07, 6.45) is 0.744. The molecule has 0 saturated carbocycles. The van der Waals surface area contributed by atoms with Crippen molar-refractivity contribution in [3.05, 3.63) is 69.7 Å². The van der Waals surface area contributed by atoms with Crippen LogP contribution in [0, 0.1) is 6.92 Å². The van der Waals surface area contributed by atoms with Crippen molar-refractivity contribution in [2.75, 3.05) is 7.05 Å². The molecule has 2 aromatic carbocycles. The van der Waals surface area contributed by atoms with Gasteiger partial charge in [0, 0.05) is 10.9 Å². The van der Waals surface area contributed by atoms with Crippen LogP contribution < -0.4 is 11.1 Å². The van der Waals surface area contributed by atoms with Gasteiger partial charge in [-0.3, -0.25) is 5.32 Å². The Morgan fingerprint density at radius 2 is 1.76 bits per heavy atom. The van der Waals surface area contributed by atoms with E-state index in [0.717, 1.165) is 16.5 Å². The van der Waals surface area contributed by atoms with Gasteiger partial charge in [0.25, 0.3) is 0 Å². The number of hydrogen-bond acceptors (Lipinski definition) is 2. The maximum Gasteiger partial charge on any atom is 0.0966 e. The molecule has 0 aliphatic carbocycles. The highest BCUT2D eigenvalue weighted by Crippen LogP contribution is 2.24. The molecule has 21 heavy (non-hydrogen) atoms. The lowest BCUT2D eigenvalue weighted by Gasteiger charge is -2.31. The molecule has 3 N–H and O–H groups in total. The van der Waals surface area contributed by atoms with Crippen LogP contribution in [-0.2, 0) is 12.1 Å². The summed E-state index contributed by atoms with van der Waals surface area (Å²) in [5, 5.41) is 3.27. The summed E-state index contributed by atoms with van der Waals surface area (Å²) in [6.45, 7) is 2.09. The van der Waals surface area contributed by atoms with Crippen LogP contribution in [0.25, 0.3) is 0 Å². The van der Waals surface area contributed by atoms with Gasteiger partial charge in [-0.1, -0.05) is 52.3 Å². The molecule has 0 aliphatic heterocycles. The van der Waals surface area contributed by atoms with Crippen molar-refractivity contribution in [2.45, 2.75) is 19.0 Å². The smallest absolute Gasteiger partial charge is 0.0966 e. The van der Waals surface area contributed by atoms with E-state index < -0.39 is 5.66 Å². The second kappa shape index (κ2) is 8.76. The molecule has 0 fully saturated rings. The first-order valence-corrected chi connectivity index (χ1v) is 7.13. The third-order valence-corrected chi connectivity index (χ3v) is 3.94. The lowest BCUT2D eigenvalue weighted by Crippen LogP contribution is -2.50. The van der Waals surface area contributed by atoms with Crippen LogP contribution in [0.15, 0.2) is 53.0 Å². The summed E-state index contributed by atoms with van der Waals surface area (Å²) in [6, 6.07) is 16.5. The van der Waals surface area contributed by atoms with Crippen molar-refractivity contribution >= 4 is 40.7 Å². The lowest BCUT2D eigenvalue weighted by atomic mass is 9.90. The van der Waals surface area contributed by atoms with Gasteiger partial charge in [0.05, 0.1) is 5.66 Å². The first-order valence-electron chi connectivity index (χ1n) is 6.33. The number of nitrogens with two attached hydrogens (primary N) is 1. The molecule has 2 aromatic rings. The van der Waals surface area contributed by atoms with Gasteiger partial charge < -0.3 is 5.73 Å². The maximum absolute atomic E-state index is 6.58. The van der Waals surface area contributed by atoms with Crippen molar-refractivity contribution in [2.24, 2.45) is 5.73 Å². The summed E-state index contributed by atoms with van der Waals surface area (Å²) >= 11 is 3.50. The Balaban J connectivity index is 0.00000200.